The van der Waals surface area contributed by atoms with Gasteiger partial charge in [0.25, 0.3) is 10.0 Å². The molecule has 1 fully saturated rings. The molecule has 0 radical (unpaired) electrons. The van der Waals surface area contributed by atoms with Crippen molar-refractivity contribution in [2.75, 3.05) is 37.0 Å². The summed E-state index contributed by atoms with van der Waals surface area (Å²) in [5, 5.41) is -0.0133. The zero-order valence-electron chi connectivity index (χ0n) is 16.2. The predicted octanol–water partition coefficient (Wildman–Crippen LogP) is 0.448. The van der Waals surface area contributed by atoms with E-state index >= 15 is 0 Å². The Labute approximate surface area is 159 Å². The number of nitrogens with one attached hydrogen (secondary N) is 1. The third-order valence-corrected chi connectivity index (χ3v) is 5.75. The highest BCUT2D eigenvalue weighted by Crippen LogP contribution is 2.18. The van der Waals surface area contributed by atoms with Crippen LogP contribution in [0.4, 0.5) is 11.9 Å². The van der Waals surface area contributed by atoms with Crippen LogP contribution in [0.2, 0.25) is 0 Å². The number of imidazole rings is 1. The molecular formula is C16H26N8O2S. The number of rotatable bonds is 6. The Kier molecular flexibility index (Phi) is 5.61. The van der Waals surface area contributed by atoms with Gasteiger partial charge in [-0.3, -0.25) is 0 Å². The summed E-state index contributed by atoms with van der Waals surface area (Å²) >= 11 is 0. The maximum Gasteiger partial charge on any atom is 0.260 e. The van der Waals surface area contributed by atoms with Crippen LogP contribution >= 0.6 is 0 Å². The first-order chi connectivity index (χ1) is 12.8. The van der Waals surface area contributed by atoms with Crippen LogP contribution in [0, 0.1) is 6.92 Å². The monoisotopic (exact) mass is 394 g/mol. The first-order valence-electron chi connectivity index (χ1n) is 8.93. The molecule has 148 valence electrons. The van der Waals surface area contributed by atoms with Crippen LogP contribution in [-0.2, 0) is 23.6 Å². The van der Waals surface area contributed by atoms with Crippen LogP contribution in [-0.4, -0.2) is 60.1 Å². The van der Waals surface area contributed by atoms with Crippen molar-refractivity contribution in [3.8, 4) is 0 Å². The van der Waals surface area contributed by atoms with Gasteiger partial charge in [-0.15, -0.1) is 0 Å². The molecule has 27 heavy (non-hydrogen) atoms. The number of piperidine rings is 1. The Morgan fingerprint density at radius 3 is 2.41 bits per heavy atom. The van der Waals surface area contributed by atoms with Gasteiger partial charge in [0.15, 0.2) is 10.9 Å². The van der Waals surface area contributed by atoms with Gasteiger partial charge in [-0.2, -0.15) is 15.0 Å². The van der Waals surface area contributed by atoms with E-state index in [1.807, 2.05) is 14.1 Å². The average molecular weight is 395 g/mol. The largest absolute Gasteiger partial charge is 0.347 e. The number of anilines is 2. The molecule has 0 spiro atoms. The first kappa shape index (κ1) is 19.5. The molecular weight excluding hydrogens is 368 g/mol. The van der Waals surface area contributed by atoms with Crippen molar-refractivity contribution in [1.82, 2.24) is 29.2 Å². The van der Waals surface area contributed by atoms with Gasteiger partial charge in [0, 0.05) is 40.4 Å². The van der Waals surface area contributed by atoms with Crippen LogP contribution in [0.15, 0.2) is 11.2 Å². The fourth-order valence-corrected chi connectivity index (χ4v) is 3.82. The minimum Gasteiger partial charge on any atom is -0.347 e. The lowest BCUT2D eigenvalue weighted by molar-refractivity contribution is 0.563. The van der Waals surface area contributed by atoms with Gasteiger partial charge in [-0.05, 0) is 26.2 Å². The molecule has 11 heteroatoms. The van der Waals surface area contributed by atoms with E-state index in [4.69, 9.17) is 0 Å². The Balaban J connectivity index is 1.81. The van der Waals surface area contributed by atoms with Crippen molar-refractivity contribution < 1.29 is 8.42 Å². The topological polar surface area (TPSA) is 109 Å². The summed E-state index contributed by atoms with van der Waals surface area (Å²) in [6.07, 6.45) is 4.89. The highest BCUT2D eigenvalue weighted by Gasteiger charge is 2.21. The minimum absolute atomic E-state index is 0.0133. The highest BCUT2D eigenvalue weighted by atomic mass is 32.2. The van der Waals surface area contributed by atoms with E-state index in [2.05, 4.69) is 29.6 Å². The van der Waals surface area contributed by atoms with Crippen molar-refractivity contribution in [3.05, 3.63) is 17.8 Å². The summed E-state index contributed by atoms with van der Waals surface area (Å²) in [5.41, 5.74) is 0. The number of sulfonamides is 1. The summed E-state index contributed by atoms with van der Waals surface area (Å²) < 4.78 is 29.2. The molecule has 1 N–H and O–H groups in total. The number of aromatic nitrogens is 5. The molecule has 3 heterocycles. The van der Waals surface area contributed by atoms with Crippen molar-refractivity contribution >= 4 is 21.9 Å². The van der Waals surface area contributed by atoms with Crippen molar-refractivity contribution in [1.29, 1.82) is 0 Å². The lowest BCUT2D eigenvalue weighted by atomic mass is 10.1. The summed E-state index contributed by atoms with van der Waals surface area (Å²) in [5.74, 6) is 2.10. The van der Waals surface area contributed by atoms with Gasteiger partial charge in [-0.25, -0.2) is 18.1 Å². The third-order valence-electron chi connectivity index (χ3n) is 4.48. The highest BCUT2D eigenvalue weighted by molar-refractivity contribution is 7.89. The van der Waals surface area contributed by atoms with E-state index in [0.717, 1.165) is 25.9 Å². The third kappa shape index (κ3) is 4.53. The molecule has 2 aromatic rings. The van der Waals surface area contributed by atoms with Gasteiger partial charge in [0.05, 0.1) is 6.54 Å². The van der Waals surface area contributed by atoms with Crippen molar-refractivity contribution in [3.63, 3.8) is 0 Å². The molecule has 10 nitrogen and oxygen atoms in total. The zero-order chi connectivity index (χ0) is 19.6. The first-order valence-corrected chi connectivity index (χ1v) is 10.4. The molecule has 0 amide bonds. The van der Waals surface area contributed by atoms with Gasteiger partial charge < -0.3 is 14.4 Å². The van der Waals surface area contributed by atoms with Crippen LogP contribution in [0.1, 0.15) is 30.9 Å². The van der Waals surface area contributed by atoms with Crippen molar-refractivity contribution in [2.45, 2.75) is 37.8 Å². The smallest absolute Gasteiger partial charge is 0.260 e. The molecule has 3 rings (SSSR count). The molecule has 0 aliphatic carbocycles. The van der Waals surface area contributed by atoms with Gasteiger partial charge >= 0.3 is 0 Å². The normalized spacial score (nSPS) is 15.2. The van der Waals surface area contributed by atoms with E-state index < -0.39 is 10.0 Å². The summed E-state index contributed by atoms with van der Waals surface area (Å²) in [7, 11) is 1.71. The zero-order valence-corrected chi connectivity index (χ0v) is 17.0. The molecule has 2 aromatic heterocycles. The molecule has 0 unspecified atom stereocenters. The second-order valence-corrected chi connectivity index (χ2v) is 8.57. The number of nitrogens with zero attached hydrogens (tertiary/aromatic N) is 7. The maximum absolute atomic E-state index is 12.5. The summed E-state index contributed by atoms with van der Waals surface area (Å²) in [6, 6.07) is 0. The van der Waals surface area contributed by atoms with Crippen LogP contribution in [0.25, 0.3) is 0 Å². The second kappa shape index (κ2) is 7.77. The minimum atomic E-state index is -3.74. The summed E-state index contributed by atoms with van der Waals surface area (Å²) in [4.78, 5) is 21.4. The van der Waals surface area contributed by atoms with Gasteiger partial charge in [0.2, 0.25) is 11.9 Å². The SMILES string of the molecule is Cc1nc(S(=O)(=O)NCc2nc(N(C)C)nc(N3CCCCC3)n2)cn1C. The lowest BCUT2D eigenvalue weighted by Crippen LogP contribution is -2.33. The molecule has 1 aliphatic rings. The Bertz CT molecular complexity index is 884. The van der Waals surface area contributed by atoms with Crippen LogP contribution < -0.4 is 14.5 Å². The standard InChI is InChI=1S/C16H26N8O2S/c1-12-18-14(11-23(12)4)27(25,26)17-10-13-19-15(22(2)3)21-16(20-13)24-8-6-5-7-9-24/h11,17H,5-10H2,1-4H3. The van der Waals surface area contributed by atoms with Gasteiger partial charge in [-0.1, -0.05) is 0 Å². The number of hydrogen-bond acceptors (Lipinski definition) is 8. The van der Waals surface area contributed by atoms with Crippen LogP contribution in [0.3, 0.4) is 0 Å². The fraction of sp³-hybridized carbons (Fsp3) is 0.625. The summed E-state index contributed by atoms with van der Waals surface area (Å²) in [6.45, 7) is 3.52. The van der Waals surface area contributed by atoms with Gasteiger partial charge in [0.1, 0.15) is 5.82 Å². The van der Waals surface area contributed by atoms with E-state index in [9.17, 15) is 8.42 Å². The molecule has 0 bridgehead atoms. The van der Waals surface area contributed by atoms with E-state index in [1.54, 1.807) is 23.4 Å². The number of aryl methyl sites for hydroxylation is 2. The van der Waals surface area contributed by atoms with E-state index in [-0.39, 0.29) is 11.6 Å². The van der Waals surface area contributed by atoms with Crippen LogP contribution in [0.5, 0.6) is 0 Å². The average Bonchev–Trinajstić information content (AvgIpc) is 3.00. The molecule has 1 saturated heterocycles. The maximum atomic E-state index is 12.5. The quantitative estimate of drug-likeness (QED) is 0.752. The van der Waals surface area contributed by atoms with E-state index in [0.29, 0.717) is 23.5 Å². The molecule has 1 aliphatic heterocycles. The fourth-order valence-electron chi connectivity index (χ4n) is 2.80. The Hall–Kier alpha value is -2.27. The number of hydrogen-bond donors (Lipinski definition) is 1. The van der Waals surface area contributed by atoms with Crippen molar-refractivity contribution in [2.24, 2.45) is 7.05 Å². The Morgan fingerprint density at radius 1 is 1.11 bits per heavy atom. The second-order valence-electron chi connectivity index (χ2n) is 6.86. The molecule has 0 atom stereocenters. The Morgan fingerprint density at radius 2 is 1.81 bits per heavy atom. The molecule has 0 saturated carbocycles. The van der Waals surface area contributed by atoms with E-state index in [1.165, 1.54) is 12.6 Å². The lowest BCUT2D eigenvalue weighted by Gasteiger charge is -2.27. The molecule has 0 aromatic carbocycles. The predicted molar refractivity (Wildman–Crippen MR) is 102 cm³/mol.